The van der Waals surface area contributed by atoms with Crippen LogP contribution in [0.5, 0.6) is 0 Å². The zero-order valence-electron chi connectivity index (χ0n) is 9.59. The second-order valence-electron chi connectivity index (χ2n) is 5.35. The summed E-state index contributed by atoms with van der Waals surface area (Å²) in [6, 6.07) is 0. The highest BCUT2D eigenvalue weighted by Gasteiger charge is 2.79. The van der Waals surface area contributed by atoms with Crippen molar-refractivity contribution in [3.8, 4) is 0 Å². The molecular formula is C11H9ClF3N3O. The fraction of sp³-hybridized carbons (Fsp3) is 0.545. The highest BCUT2D eigenvalue weighted by molar-refractivity contribution is 6.28. The van der Waals surface area contributed by atoms with Crippen LogP contribution in [0.4, 0.5) is 19.0 Å². The average Bonchev–Trinajstić information content (AvgIpc) is 2.09. The van der Waals surface area contributed by atoms with Gasteiger partial charge in [-0.3, -0.25) is 4.79 Å². The van der Waals surface area contributed by atoms with E-state index < -0.39 is 17.0 Å². The summed E-state index contributed by atoms with van der Waals surface area (Å²) in [5, 5.41) is -0.149. The molecule has 2 bridgehead atoms. The number of carbonyl (C=O) groups is 1. The van der Waals surface area contributed by atoms with E-state index in [9.17, 15) is 18.0 Å². The average molecular weight is 292 g/mol. The molecule has 102 valence electrons. The van der Waals surface area contributed by atoms with E-state index in [0.29, 0.717) is 6.29 Å². The summed E-state index contributed by atoms with van der Waals surface area (Å²) < 4.78 is 38.4. The van der Waals surface area contributed by atoms with E-state index in [1.54, 1.807) is 0 Å². The van der Waals surface area contributed by atoms with Gasteiger partial charge in [0.05, 0.1) is 16.7 Å². The molecule has 0 atom stereocenters. The minimum atomic E-state index is -4.21. The summed E-state index contributed by atoms with van der Waals surface area (Å²) in [6.07, 6.45) is -3.91. The number of aromatic nitrogens is 2. The Labute approximate surface area is 111 Å². The first-order valence-electron chi connectivity index (χ1n) is 5.58. The molecule has 0 unspecified atom stereocenters. The summed E-state index contributed by atoms with van der Waals surface area (Å²) in [7, 11) is 0. The number of aldehydes is 1. The summed E-state index contributed by atoms with van der Waals surface area (Å²) >= 11 is 5.67. The maximum Gasteiger partial charge on any atom is 0.394 e. The Balaban J connectivity index is 1.98. The number of hydrogen-bond acceptors (Lipinski definition) is 4. The number of halogens is 4. The van der Waals surface area contributed by atoms with Gasteiger partial charge in [0, 0.05) is 5.41 Å². The van der Waals surface area contributed by atoms with Gasteiger partial charge in [0.15, 0.2) is 6.29 Å². The van der Waals surface area contributed by atoms with E-state index in [2.05, 4.69) is 9.97 Å². The third kappa shape index (κ3) is 1.45. The van der Waals surface area contributed by atoms with E-state index in [0.717, 1.165) is 0 Å². The molecule has 19 heavy (non-hydrogen) atoms. The number of anilines is 1. The summed E-state index contributed by atoms with van der Waals surface area (Å²) in [5.74, 6) is -0.0872. The van der Waals surface area contributed by atoms with Crippen molar-refractivity contribution in [2.75, 3.05) is 5.73 Å². The van der Waals surface area contributed by atoms with Crippen LogP contribution in [0.2, 0.25) is 5.28 Å². The third-order valence-corrected chi connectivity index (χ3v) is 4.37. The van der Waals surface area contributed by atoms with Gasteiger partial charge in [-0.1, -0.05) is 0 Å². The van der Waals surface area contributed by atoms with Crippen LogP contribution in [-0.2, 0) is 5.41 Å². The molecule has 8 heteroatoms. The van der Waals surface area contributed by atoms with Crippen molar-refractivity contribution in [3.63, 3.8) is 0 Å². The van der Waals surface area contributed by atoms with Gasteiger partial charge in [-0.05, 0) is 30.9 Å². The number of rotatable bonds is 2. The van der Waals surface area contributed by atoms with Crippen LogP contribution in [0.15, 0.2) is 0 Å². The van der Waals surface area contributed by atoms with Crippen LogP contribution in [0.3, 0.4) is 0 Å². The zero-order valence-corrected chi connectivity index (χ0v) is 10.3. The highest BCUT2D eigenvalue weighted by Crippen LogP contribution is 2.78. The number of carbonyl (C=O) groups excluding carboxylic acids is 1. The molecule has 4 nitrogen and oxygen atoms in total. The molecular weight excluding hydrogens is 283 g/mol. The lowest BCUT2D eigenvalue weighted by molar-refractivity contribution is -0.337. The van der Waals surface area contributed by atoms with Gasteiger partial charge in [0.1, 0.15) is 5.82 Å². The maximum absolute atomic E-state index is 12.8. The summed E-state index contributed by atoms with van der Waals surface area (Å²) in [4.78, 5) is 18.6. The molecule has 0 saturated heterocycles. The normalized spacial score (nSPS) is 32.4. The van der Waals surface area contributed by atoms with E-state index in [1.807, 2.05) is 0 Å². The quantitative estimate of drug-likeness (QED) is 0.671. The Kier molecular flexibility index (Phi) is 2.26. The molecule has 0 aromatic carbocycles. The molecule has 0 radical (unpaired) electrons. The van der Waals surface area contributed by atoms with Gasteiger partial charge < -0.3 is 5.73 Å². The first-order valence-corrected chi connectivity index (χ1v) is 5.96. The molecule has 3 fully saturated rings. The minimum absolute atomic E-state index is 0.0554. The number of nitrogen functional groups attached to an aromatic ring is 1. The van der Waals surface area contributed by atoms with E-state index in [-0.39, 0.29) is 41.6 Å². The van der Waals surface area contributed by atoms with Gasteiger partial charge in [-0.25, -0.2) is 9.97 Å². The standard InChI is InChI=1S/C11H9ClF3N3O/c12-8-17-6(5(1-19)7(16)18-8)9-2-10(3-9,4-9)11(13,14)15/h1H,2-4H2,(H2,16,17,18). The van der Waals surface area contributed by atoms with Crippen molar-refractivity contribution in [2.24, 2.45) is 5.41 Å². The third-order valence-electron chi connectivity index (χ3n) is 4.20. The molecule has 2 N–H and O–H groups in total. The molecule has 4 rings (SSSR count). The summed E-state index contributed by atoms with van der Waals surface area (Å²) in [6.45, 7) is 0. The molecule has 0 aliphatic heterocycles. The second-order valence-corrected chi connectivity index (χ2v) is 5.68. The maximum atomic E-state index is 12.8. The predicted octanol–water partition coefficient (Wildman–Crippen LogP) is 2.51. The van der Waals surface area contributed by atoms with Crippen LogP contribution < -0.4 is 5.73 Å². The van der Waals surface area contributed by atoms with Crippen LogP contribution >= 0.6 is 11.6 Å². The lowest BCUT2D eigenvalue weighted by Crippen LogP contribution is -2.70. The van der Waals surface area contributed by atoms with Gasteiger partial charge in [0.2, 0.25) is 5.28 Å². The molecule has 3 saturated carbocycles. The van der Waals surface area contributed by atoms with Gasteiger partial charge in [-0.15, -0.1) is 0 Å². The number of hydrogen-bond donors (Lipinski definition) is 1. The molecule has 0 amide bonds. The molecule has 0 spiro atoms. The Morgan fingerprint density at radius 3 is 2.32 bits per heavy atom. The Morgan fingerprint density at radius 1 is 1.26 bits per heavy atom. The largest absolute Gasteiger partial charge is 0.394 e. The van der Waals surface area contributed by atoms with Crippen LogP contribution in [0, 0.1) is 5.41 Å². The van der Waals surface area contributed by atoms with Crippen molar-refractivity contribution >= 4 is 23.7 Å². The zero-order chi connectivity index (χ0) is 14.1. The first-order chi connectivity index (χ1) is 8.73. The lowest BCUT2D eigenvalue weighted by atomic mass is 9.33. The molecule has 1 heterocycles. The SMILES string of the molecule is Nc1nc(Cl)nc(C23CC(C(F)(F)F)(C2)C3)c1C=O. The highest BCUT2D eigenvalue weighted by atomic mass is 35.5. The topological polar surface area (TPSA) is 68.9 Å². The minimum Gasteiger partial charge on any atom is -0.383 e. The van der Waals surface area contributed by atoms with E-state index in [1.165, 1.54) is 0 Å². The van der Waals surface area contributed by atoms with Crippen LogP contribution in [-0.4, -0.2) is 22.4 Å². The van der Waals surface area contributed by atoms with Crippen LogP contribution in [0.1, 0.15) is 35.3 Å². The van der Waals surface area contributed by atoms with Crippen molar-refractivity contribution in [1.29, 1.82) is 0 Å². The Morgan fingerprint density at radius 2 is 1.84 bits per heavy atom. The van der Waals surface area contributed by atoms with Gasteiger partial charge in [-0.2, -0.15) is 13.2 Å². The molecule has 1 aromatic heterocycles. The van der Waals surface area contributed by atoms with E-state index in [4.69, 9.17) is 17.3 Å². The van der Waals surface area contributed by atoms with Crippen LogP contribution in [0.25, 0.3) is 0 Å². The van der Waals surface area contributed by atoms with Gasteiger partial charge >= 0.3 is 6.18 Å². The van der Waals surface area contributed by atoms with Crippen molar-refractivity contribution in [2.45, 2.75) is 30.9 Å². The van der Waals surface area contributed by atoms with Crippen molar-refractivity contribution < 1.29 is 18.0 Å². The van der Waals surface area contributed by atoms with E-state index >= 15 is 0 Å². The number of nitrogens with zero attached hydrogens (tertiary/aromatic N) is 2. The lowest BCUT2D eigenvalue weighted by Gasteiger charge is -2.70. The van der Waals surface area contributed by atoms with Gasteiger partial charge in [0.25, 0.3) is 0 Å². The predicted molar refractivity (Wildman–Crippen MR) is 60.9 cm³/mol. The molecule has 1 aromatic rings. The molecule has 3 aliphatic rings. The van der Waals surface area contributed by atoms with Crippen molar-refractivity contribution in [1.82, 2.24) is 9.97 Å². The number of nitrogens with two attached hydrogens (primary N) is 1. The number of alkyl halides is 3. The fourth-order valence-corrected chi connectivity index (χ4v) is 3.49. The Hall–Kier alpha value is -1.37. The molecule has 3 aliphatic carbocycles. The first kappa shape index (κ1) is 12.7. The Bertz CT molecular complexity index is 568. The second kappa shape index (κ2) is 3.39. The monoisotopic (exact) mass is 291 g/mol. The van der Waals surface area contributed by atoms with Crippen molar-refractivity contribution in [3.05, 3.63) is 16.5 Å². The summed E-state index contributed by atoms with van der Waals surface area (Å²) in [5.41, 5.74) is 3.54. The smallest absolute Gasteiger partial charge is 0.383 e. The fourth-order valence-electron chi connectivity index (χ4n) is 3.32.